The molecule has 0 aliphatic rings. The molecular formula is C36H39F2N5O8S. The number of carbonyl (C=O) groups excluding carboxylic acids is 3. The van der Waals surface area contributed by atoms with Crippen LogP contribution in [0, 0.1) is 11.6 Å². The van der Waals surface area contributed by atoms with E-state index >= 15 is 8.78 Å². The maximum Gasteiger partial charge on any atom is 0.335 e. The van der Waals surface area contributed by atoms with Crippen molar-refractivity contribution in [2.75, 3.05) is 11.3 Å². The fourth-order valence-corrected chi connectivity index (χ4v) is 6.34. The van der Waals surface area contributed by atoms with E-state index < -0.39 is 74.1 Å². The van der Waals surface area contributed by atoms with Gasteiger partial charge in [-0.1, -0.05) is 26.0 Å². The van der Waals surface area contributed by atoms with Gasteiger partial charge in [-0.15, -0.1) is 0 Å². The second-order valence-electron chi connectivity index (χ2n) is 12.4. The number of aromatic nitrogens is 2. The lowest BCUT2D eigenvalue weighted by atomic mass is 10.0. The van der Waals surface area contributed by atoms with Crippen LogP contribution in [0.4, 0.5) is 14.5 Å². The van der Waals surface area contributed by atoms with Crippen LogP contribution in [0.25, 0.3) is 5.69 Å². The molecular weight excluding hydrogens is 700 g/mol. The van der Waals surface area contributed by atoms with E-state index in [0.29, 0.717) is 29.9 Å². The number of halogens is 2. The highest BCUT2D eigenvalue weighted by molar-refractivity contribution is 7.92. The predicted molar refractivity (Wildman–Crippen MR) is 189 cm³/mol. The molecule has 0 radical (unpaired) electrons. The number of amides is 2. The van der Waals surface area contributed by atoms with E-state index in [9.17, 15) is 32.4 Å². The first kappa shape index (κ1) is 39.2. The minimum absolute atomic E-state index is 0.0653. The summed E-state index contributed by atoms with van der Waals surface area (Å²) in [5.74, 6) is -5.53. The van der Waals surface area contributed by atoms with Crippen molar-refractivity contribution < 1.29 is 36.3 Å². The van der Waals surface area contributed by atoms with Crippen molar-refractivity contribution in [2.24, 2.45) is 7.05 Å². The Morgan fingerprint density at radius 2 is 1.46 bits per heavy atom. The molecule has 0 saturated heterocycles. The minimum atomic E-state index is -4.36. The maximum absolute atomic E-state index is 15.3. The van der Waals surface area contributed by atoms with Crippen molar-refractivity contribution in [3.05, 3.63) is 122 Å². The highest BCUT2D eigenvalue weighted by Gasteiger charge is 2.28. The summed E-state index contributed by atoms with van der Waals surface area (Å²) >= 11 is 0. The van der Waals surface area contributed by atoms with Gasteiger partial charge in [0, 0.05) is 37.3 Å². The summed E-state index contributed by atoms with van der Waals surface area (Å²) in [7, 11) is -2.80. The third-order valence-electron chi connectivity index (χ3n) is 7.81. The van der Waals surface area contributed by atoms with Crippen LogP contribution in [0.5, 0.6) is 0 Å². The highest BCUT2D eigenvalue weighted by Crippen LogP contribution is 2.23. The summed E-state index contributed by atoms with van der Waals surface area (Å²) in [6.45, 7) is 8.95. The molecule has 3 aromatic carbocycles. The van der Waals surface area contributed by atoms with E-state index in [0.717, 1.165) is 16.7 Å². The van der Waals surface area contributed by atoms with Crippen LogP contribution in [0.15, 0.2) is 81.2 Å². The molecule has 16 heteroatoms. The van der Waals surface area contributed by atoms with E-state index in [1.54, 1.807) is 27.8 Å². The normalized spacial score (nSPS) is 12.0. The molecule has 0 fully saturated rings. The molecule has 1 heterocycles. The Morgan fingerprint density at radius 1 is 0.865 bits per heavy atom. The van der Waals surface area contributed by atoms with Crippen molar-refractivity contribution in [1.82, 2.24) is 19.8 Å². The fourth-order valence-electron chi connectivity index (χ4n) is 5.30. The van der Waals surface area contributed by atoms with Crippen LogP contribution in [0.1, 0.15) is 72.5 Å². The zero-order valence-corrected chi connectivity index (χ0v) is 30.1. The van der Waals surface area contributed by atoms with Gasteiger partial charge >= 0.3 is 11.7 Å². The smallest absolute Gasteiger partial charge is 0.335 e. The molecule has 0 spiro atoms. The lowest BCUT2D eigenvalue weighted by Crippen LogP contribution is -2.44. The van der Waals surface area contributed by atoms with Gasteiger partial charge in [0.2, 0.25) is 0 Å². The second kappa shape index (κ2) is 16.1. The molecule has 1 aromatic heterocycles. The quantitative estimate of drug-likeness (QED) is 0.174. The molecule has 0 aliphatic carbocycles. The van der Waals surface area contributed by atoms with Gasteiger partial charge < -0.3 is 19.9 Å². The summed E-state index contributed by atoms with van der Waals surface area (Å²) in [6.07, 6.45) is -0.798. The molecule has 4 aromatic rings. The van der Waals surface area contributed by atoms with Gasteiger partial charge in [0.1, 0.15) is 23.2 Å². The molecule has 2 amide bonds. The number of ether oxygens (including phenoxy) is 1. The number of anilines is 1. The molecule has 0 unspecified atom stereocenters. The summed E-state index contributed by atoms with van der Waals surface area (Å²) < 4.78 is 66.0. The second-order valence-corrected chi connectivity index (χ2v) is 14.1. The van der Waals surface area contributed by atoms with Crippen molar-refractivity contribution in [3.63, 3.8) is 0 Å². The number of sulfonamides is 1. The minimum Gasteiger partial charge on any atom is -0.461 e. The molecule has 0 aliphatic heterocycles. The van der Waals surface area contributed by atoms with Crippen molar-refractivity contribution in [1.29, 1.82) is 0 Å². The van der Waals surface area contributed by atoms with Crippen LogP contribution in [0.2, 0.25) is 0 Å². The van der Waals surface area contributed by atoms with E-state index in [4.69, 9.17) is 4.74 Å². The number of rotatable bonds is 13. The molecule has 13 nitrogen and oxygen atoms in total. The average molecular weight is 740 g/mol. The Morgan fingerprint density at radius 3 is 2.00 bits per heavy atom. The van der Waals surface area contributed by atoms with E-state index in [2.05, 4.69) is 10.6 Å². The summed E-state index contributed by atoms with van der Waals surface area (Å²) in [4.78, 5) is 63.7. The number of nitrogens with one attached hydrogen (secondary N) is 3. The number of nitrogens with zero attached hydrogens (tertiary/aromatic N) is 2. The summed E-state index contributed by atoms with van der Waals surface area (Å²) in [5, 5.41) is 4.88. The van der Waals surface area contributed by atoms with Crippen molar-refractivity contribution in [3.8, 4) is 5.69 Å². The first-order valence-electron chi connectivity index (χ1n) is 16.3. The molecule has 0 bridgehead atoms. The topological polar surface area (TPSA) is 175 Å². The van der Waals surface area contributed by atoms with E-state index in [-0.39, 0.29) is 28.5 Å². The third-order valence-corrected chi connectivity index (χ3v) is 9.21. The SMILES string of the molecule is CCNC(=O)c1ccc(S(=O)(=O)Nc2cc(F)c(C(=O)N[C@@H](Cc3ccc(-n4c(=O)cc(C(C)C)n(C)c4=O)cc3)C(=O)OC(C)C)c(F)c2)cc1. The average Bonchev–Trinajstić information content (AvgIpc) is 3.06. The number of hydrogen-bond donors (Lipinski definition) is 3. The molecule has 1 atom stereocenters. The third kappa shape index (κ3) is 8.98. The Balaban J connectivity index is 1.55. The molecule has 0 saturated carbocycles. The molecule has 276 valence electrons. The van der Waals surface area contributed by atoms with E-state index in [1.807, 2.05) is 18.6 Å². The van der Waals surface area contributed by atoms with Crippen LogP contribution >= 0.6 is 0 Å². The number of esters is 1. The van der Waals surface area contributed by atoms with Crippen molar-refractivity contribution >= 4 is 33.5 Å². The molecule has 52 heavy (non-hydrogen) atoms. The van der Waals surface area contributed by atoms with Gasteiger partial charge in [0.25, 0.3) is 27.4 Å². The lowest BCUT2D eigenvalue weighted by Gasteiger charge is -2.20. The standard InChI is InChI=1S/C36H39F2N5O8S/c1-7-39-33(45)23-10-14-26(15-11-23)52(49,50)41-24-17-27(37)32(28(38)18-24)34(46)40-29(35(47)51-21(4)5)16-22-8-12-25(13-9-22)43-31(44)19-30(20(2)3)42(6)36(43)48/h8-15,17-21,29,41H,7,16H2,1-6H3,(H,39,45)(H,40,46)/t29-/m0/s1. The molecule has 3 N–H and O–H groups in total. The van der Waals surface area contributed by atoms with Crippen LogP contribution < -0.4 is 26.6 Å². The van der Waals surface area contributed by atoms with E-state index in [1.165, 1.54) is 47.0 Å². The first-order valence-corrected chi connectivity index (χ1v) is 17.8. The predicted octanol–water partition coefficient (Wildman–Crippen LogP) is 3.78. The van der Waals surface area contributed by atoms with Crippen LogP contribution in [-0.4, -0.2) is 54.0 Å². The summed E-state index contributed by atoms with van der Waals surface area (Å²) in [6, 6.07) is 12.0. The Labute approximate surface area is 298 Å². The number of hydrogen-bond acceptors (Lipinski definition) is 8. The Kier molecular flexibility index (Phi) is 12.2. The van der Waals surface area contributed by atoms with Gasteiger partial charge in [-0.3, -0.25) is 19.1 Å². The van der Waals surface area contributed by atoms with Gasteiger partial charge in [-0.25, -0.2) is 31.4 Å². The van der Waals surface area contributed by atoms with Crippen molar-refractivity contribution in [2.45, 2.75) is 64.0 Å². The number of benzene rings is 3. The molecule has 4 rings (SSSR count). The Hall–Kier alpha value is -5.64. The van der Waals surface area contributed by atoms with Crippen LogP contribution in [0.3, 0.4) is 0 Å². The van der Waals surface area contributed by atoms with Gasteiger partial charge in [0.15, 0.2) is 0 Å². The van der Waals surface area contributed by atoms with Gasteiger partial charge in [-0.05, 0) is 80.8 Å². The maximum atomic E-state index is 15.3. The zero-order chi connectivity index (χ0) is 38.5. The zero-order valence-electron chi connectivity index (χ0n) is 29.3. The Bertz CT molecular complexity index is 2190. The monoisotopic (exact) mass is 739 g/mol. The largest absolute Gasteiger partial charge is 0.461 e. The summed E-state index contributed by atoms with van der Waals surface area (Å²) in [5.41, 5.74) is -1.21. The fraction of sp³-hybridized carbons (Fsp3) is 0.306. The first-order chi connectivity index (χ1) is 24.4. The lowest BCUT2D eigenvalue weighted by molar-refractivity contribution is -0.149. The van der Waals surface area contributed by atoms with Gasteiger partial charge in [0.05, 0.1) is 22.4 Å². The van der Waals surface area contributed by atoms with Gasteiger partial charge in [-0.2, -0.15) is 0 Å². The number of carbonyl (C=O) groups is 3. The van der Waals surface area contributed by atoms with Crippen LogP contribution in [-0.2, 0) is 33.0 Å². The highest BCUT2D eigenvalue weighted by atomic mass is 32.2.